The molecule has 0 aliphatic carbocycles. The highest BCUT2D eigenvalue weighted by molar-refractivity contribution is 5.78. The van der Waals surface area contributed by atoms with Crippen LogP contribution in [-0.2, 0) is 4.79 Å². The zero-order chi connectivity index (χ0) is 15.2. The number of hydrogen-bond acceptors (Lipinski definition) is 2. The van der Waals surface area contributed by atoms with E-state index in [0.29, 0.717) is 24.4 Å². The Bertz CT molecular complexity index is 446. The average Bonchev–Trinajstić information content (AvgIpc) is 2.52. The van der Waals surface area contributed by atoms with Crippen LogP contribution >= 0.6 is 0 Å². The second kappa shape index (κ2) is 7.60. The maximum atomic E-state index is 12.3. The summed E-state index contributed by atoms with van der Waals surface area (Å²) in [7, 11) is 0. The molecule has 116 valence electrons. The summed E-state index contributed by atoms with van der Waals surface area (Å²) in [6.45, 7) is 8.89. The molecule has 3 unspecified atom stereocenters. The van der Waals surface area contributed by atoms with Crippen molar-refractivity contribution >= 4 is 5.91 Å². The van der Waals surface area contributed by atoms with Gasteiger partial charge in [0.05, 0.1) is 6.54 Å². The van der Waals surface area contributed by atoms with Crippen LogP contribution in [0.3, 0.4) is 0 Å². The largest absolute Gasteiger partial charge is 0.341 e. The van der Waals surface area contributed by atoms with Crippen molar-refractivity contribution < 1.29 is 4.79 Å². The Morgan fingerprint density at radius 1 is 1.33 bits per heavy atom. The third-order valence-corrected chi connectivity index (χ3v) is 4.66. The number of piperidine rings is 1. The van der Waals surface area contributed by atoms with E-state index in [9.17, 15) is 4.79 Å². The van der Waals surface area contributed by atoms with E-state index in [-0.39, 0.29) is 5.91 Å². The Morgan fingerprint density at radius 3 is 2.71 bits per heavy atom. The van der Waals surface area contributed by atoms with Gasteiger partial charge in [0.15, 0.2) is 0 Å². The van der Waals surface area contributed by atoms with Crippen LogP contribution in [0, 0.1) is 5.92 Å². The normalized spacial score (nSPS) is 21.9. The minimum atomic E-state index is 0.244. The van der Waals surface area contributed by atoms with Gasteiger partial charge in [-0.2, -0.15) is 0 Å². The molecule has 3 heteroatoms. The molecule has 3 atom stereocenters. The van der Waals surface area contributed by atoms with Crippen LogP contribution in [0.2, 0.25) is 0 Å². The van der Waals surface area contributed by atoms with Crippen molar-refractivity contribution in [2.24, 2.45) is 5.92 Å². The molecule has 1 heterocycles. The van der Waals surface area contributed by atoms with Crippen LogP contribution in [0.4, 0.5) is 0 Å². The van der Waals surface area contributed by atoms with Crippen molar-refractivity contribution in [2.75, 3.05) is 19.6 Å². The summed E-state index contributed by atoms with van der Waals surface area (Å²) in [5.74, 6) is 1.29. The Labute approximate surface area is 128 Å². The molecule has 0 bridgehead atoms. The Morgan fingerprint density at radius 2 is 2.05 bits per heavy atom. The van der Waals surface area contributed by atoms with Gasteiger partial charge in [-0.25, -0.2) is 0 Å². The fourth-order valence-electron chi connectivity index (χ4n) is 3.00. The zero-order valence-corrected chi connectivity index (χ0v) is 13.5. The topological polar surface area (TPSA) is 32.3 Å². The molecule has 1 aliphatic heterocycles. The van der Waals surface area contributed by atoms with Crippen molar-refractivity contribution in [1.82, 2.24) is 10.2 Å². The van der Waals surface area contributed by atoms with E-state index in [1.807, 2.05) is 11.0 Å². The van der Waals surface area contributed by atoms with E-state index in [0.717, 1.165) is 19.5 Å². The van der Waals surface area contributed by atoms with Gasteiger partial charge >= 0.3 is 0 Å². The van der Waals surface area contributed by atoms with E-state index in [4.69, 9.17) is 0 Å². The fourth-order valence-corrected chi connectivity index (χ4v) is 3.00. The molecule has 2 rings (SSSR count). The fraction of sp³-hybridized carbons (Fsp3) is 0.611. The minimum absolute atomic E-state index is 0.244. The SMILES string of the molecule is CC1CCCN(C(=O)CNC(C)C(C)c2ccccc2)C1. The number of hydrogen-bond donors (Lipinski definition) is 1. The van der Waals surface area contributed by atoms with Gasteiger partial charge < -0.3 is 10.2 Å². The molecule has 0 radical (unpaired) electrons. The van der Waals surface area contributed by atoms with Crippen molar-refractivity contribution in [3.05, 3.63) is 35.9 Å². The second-order valence-corrected chi connectivity index (χ2v) is 6.46. The summed E-state index contributed by atoms with van der Waals surface area (Å²) in [5.41, 5.74) is 1.32. The van der Waals surface area contributed by atoms with Crippen molar-refractivity contribution in [1.29, 1.82) is 0 Å². The molecule has 1 aliphatic rings. The lowest BCUT2D eigenvalue weighted by Gasteiger charge is -2.32. The monoisotopic (exact) mass is 288 g/mol. The van der Waals surface area contributed by atoms with Gasteiger partial charge in [0.25, 0.3) is 0 Å². The summed E-state index contributed by atoms with van der Waals surface area (Å²) < 4.78 is 0. The summed E-state index contributed by atoms with van der Waals surface area (Å²) in [5, 5.41) is 3.40. The van der Waals surface area contributed by atoms with Crippen molar-refractivity contribution in [3.63, 3.8) is 0 Å². The summed E-state index contributed by atoms with van der Waals surface area (Å²) in [4.78, 5) is 14.3. The van der Waals surface area contributed by atoms with E-state index in [1.165, 1.54) is 12.0 Å². The molecule has 1 saturated heterocycles. The lowest BCUT2D eigenvalue weighted by atomic mass is 9.94. The molecule has 1 fully saturated rings. The van der Waals surface area contributed by atoms with Crippen LogP contribution in [0.5, 0.6) is 0 Å². The molecule has 21 heavy (non-hydrogen) atoms. The van der Waals surface area contributed by atoms with E-state index in [2.05, 4.69) is 50.4 Å². The predicted octanol–water partition coefficient (Wildman–Crippen LogP) is 3.03. The predicted molar refractivity (Wildman–Crippen MR) is 87.3 cm³/mol. The first-order valence-electron chi connectivity index (χ1n) is 8.14. The molecule has 3 nitrogen and oxygen atoms in total. The van der Waals surface area contributed by atoms with Crippen LogP contribution in [-0.4, -0.2) is 36.5 Å². The zero-order valence-electron chi connectivity index (χ0n) is 13.5. The standard InChI is InChI=1S/C18H28N2O/c1-14-8-7-11-20(13-14)18(21)12-19-16(3)15(2)17-9-5-4-6-10-17/h4-6,9-10,14-16,19H,7-8,11-13H2,1-3H3. The van der Waals surface area contributed by atoms with Crippen molar-refractivity contribution in [3.8, 4) is 0 Å². The molecular formula is C18H28N2O. The molecule has 1 aromatic rings. The van der Waals surface area contributed by atoms with Gasteiger partial charge in [0, 0.05) is 19.1 Å². The van der Waals surface area contributed by atoms with Crippen LogP contribution < -0.4 is 5.32 Å². The molecule has 0 aromatic heterocycles. The summed E-state index contributed by atoms with van der Waals surface area (Å²) >= 11 is 0. The third kappa shape index (κ3) is 4.57. The highest BCUT2D eigenvalue weighted by atomic mass is 16.2. The van der Waals surface area contributed by atoms with Gasteiger partial charge in [-0.3, -0.25) is 4.79 Å². The Balaban J connectivity index is 1.80. The van der Waals surface area contributed by atoms with E-state index < -0.39 is 0 Å². The maximum absolute atomic E-state index is 12.3. The summed E-state index contributed by atoms with van der Waals surface area (Å²) in [6.07, 6.45) is 2.39. The third-order valence-electron chi connectivity index (χ3n) is 4.66. The first kappa shape index (κ1) is 16.0. The van der Waals surface area contributed by atoms with Crippen LogP contribution in [0.25, 0.3) is 0 Å². The van der Waals surface area contributed by atoms with E-state index >= 15 is 0 Å². The minimum Gasteiger partial charge on any atom is -0.341 e. The molecular weight excluding hydrogens is 260 g/mol. The summed E-state index contributed by atoms with van der Waals surface area (Å²) in [6, 6.07) is 10.8. The highest BCUT2D eigenvalue weighted by Crippen LogP contribution is 2.19. The number of carbonyl (C=O) groups is 1. The molecule has 1 aromatic carbocycles. The lowest BCUT2D eigenvalue weighted by Crippen LogP contribution is -2.45. The molecule has 1 N–H and O–H groups in total. The van der Waals surface area contributed by atoms with Gasteiger partial charge in [-0.1, -0.05) is 44.2 Å². The number of likely N-dealkylation sites (tertiary alicyclic amines) is 1. The highest BCUT2D eigenvalue weighted by Gasteiger charge is 2.22. The van der Waals surface area contributed by atoms with Crippen LogP contribution in [0.15, 0.2) is 30.3 Å². The maximum Gasteiger partial charge on any atom is 0.236 e. The van der Waals surface area contributed by atoms with Crippen LogP contribution in [0.1, 0.15) is 45.1 Å². The van der Waals surface area contributed by atoms with Gasteiger partial charge in [-0.15, -0.1) is 0 Å². The first-order valence-corrected chi connectivity index (χ1v) is 8.14. The number of amides is 1. The van der Waals surface area contributed by atoms with Gasteiger partial charge in [0.1, 0.15) is 0 Å². The Kier molecular flexibility index (Phi) is 5.80. The smallest absolute Gasteiger partial charge is 0.236 e. The number of nitrogens with one attached hydrogen (secondary N) is 1. The molecule has 0 spiro atoms. The number of nitrogens with zero attached hydrogens (tertiary/aromatic N) is 1. The van der Waals surface area contributed by atoms with Crippen molar-refractivity contribution in [2.45, 2.75) is 45.6 Å². The quantitative estimate of drug-likeness (QED) is 0.903. The number of benzene rings is 1. The van der Waals surface area contributed by atoms with Gasteiger partial charge in [-0.05, 0) is 37.2 Å². The molecule has 1 amide bonds. The number of rotatable bonds is 5. The second-order valence-electron chi connectivity index (χ2n) is 6.46. The number of carbonyl (C=O) groups excluding carboxylic acids is 1. The Hall–Kier alpha value is -1.35. The lowest BCUT2D eigenvalue weighted by molar-refractivity contribution is -0.132. The molecule has 0 saturated carbocycles. The van der Waals surface area contributed by atoms with E-state index in [1.54, 1.807) is 0 Å². The average molecular weight is 288 g/mol. The van der Waals surface area contributed by atoms with Gasteiger partial charge in [0.2, 0.25) is 5.91 Å². The first-order chi connectivity index (χ1) is 10.1.